The Hall–Kier alpha value is -2.42. The molecule has 3 heteroatoms. The van der Waals surface area contributed by atoms with Crippen molar-refractivity contribution in [1.29, 1.82) is 0 Å². The number of fused-ring (bicyclic) bond motifs is 5. The van der Waals surface area contributed by atoms with Crippen molar-refractivity contribution in [1.82, 2.24) is 9.38 Å². The fourth-order valence-corrected chi connectivity index (χ4v) is 2.71. The third kappa shape index (κ3) is 1.38. The fourth-order valence-electron chi connectivity index (χ4n) is 2.71. The van der Waals surface area contributed by atoms with Crippen molar-refractivity contribution in [2.24, 2.45) is 0 Å². The molecule has 92 valence electrons. The summed E-state index contributed by atoms with van der Waals surface area (Å²) in [6.07, 6.45) is 0. The molecule has 0 N–H and O–H groups in total. The van der Waals surface area contributed by atoms with Gasteiger partial charge in [-0.15, -0.1) is 0 Å². The maximum atomic E-state index is 13.3. The van der Waals surface area contributed by atoms with E-state index < -0.39 is 0 Å². The molecule has 0 bridgehead atoms. The third-order valence-electron chi connectivity index (χ3n) is 3.56. The van der Waals surface area contributed by atoms with Gasteiger partial charge in [0, 0.05) is 16.5 Å². The van der Waals surface area contributed by atoms with Crippen LogP contribution in [0.4, 0.5) is 4.39 Å². The number of hydrogen-bond acceptors (Lipinski definition) is 1. The van der Waals surface area contributed by atoms with E-state index in [4.69, 9.17) is 0 Å². The van der Waals surface area contributed by atoms with Gasteiger partial charge >= 0.3 is 0 Å². The minimum atomic E-state index is -0.218. The Morgan fingerprint density at radius 2 is 1.84 bits per heavy atom. The molecule has 0 unspecified atom stereocenters. The zero-order valence-electron chi connectivity index (χ0n) is 10.4. The van der Waals surface area contributed by atoms with E-state index in [1.54, 1.807) is 12.1 Å². The van der Waals surface area contributed by atoms with Crippen molar-refractivity contribution in [3.63, 3.8) is 0 Å². The van der Waals surface area contributed by atoms with Crippen molar-refractivity contribution in [2.75, 3.05) is 0 Å². The largest absolute Gasteiger partial charge is 0.294 e. The Labute approximate surface area is 109 Å². The van der Waals surface area contributed by atoms with Crippen LogP contribution in [-0.2, 0) is 0 Å². The van der Waals surface area contributed by atoms with Crippen LogP contribution >= 0.6 is 0 Å². The van der Waals surface area contributed by atoms with Crippen LogP contribution in [0, 0.1) is 12.7 Å². The molecule has 0 saturated heterocycles. The minimum Gasteiger partial charge on any atom is -0.294 e. The van der Waals surface area contributed by atoms with Crippen LogP contribution < -0.4 is 0 Å². The first kappa shape index (κ1) is 10.5. The molecular weight excluding hydrogens is 239 g/mol. The molecule has 0 radical (unpaired) electrons. The van der Waals surface area contributed by atoms with Gasteiger partial charge in [-0.25, -0.2) is 9.37 Å². The molecule has 0 atom stereocenters. The van der Waals surface area contributed by atoms with Gasteiger partial charge in [0.05, 0.1) is 11.0 Å². The molecule has 4 aromatic rings. The number of aromatic nitrogens is 2. The number of aryl methyl sites for hydroxylation is 1. The zero-order chi connectivity index (χ0) is 13.0. The van der Waals surface area contributed by atoms with Crippen molar-refractivity contribution in [3.05, 3.63) is 60.0 Å². The lowest BCUT2D eigenvalue weighted by Crippen LogP contribution is -1.94. The molecule has 0 aliphatic carbocycles. The molecule has 0 saturated carbocycles. The molecular formula is C16H11FN2. The lowest BCUT2D eigenvalue weighted by atomic mass is 10.2. The SMILES string of the molecule is Cc1nc2cc3cc(F)ccc3n2c2ccccc12. The summed E-state index contributed by atoms with van der Waals surface area (Å²) in [7, 11) is 0. The van der Waals surface area contributed by atoms with E-state index in [1.807, 2.05) is 25.1 Å². The Balaban J connectivity index is 2.34. The van der Waals surface area contributed by atoms with Crippen LogP contribution in [0.2, 0.25) is 0 Å². The number of rotatable bonds is 0. The molecule has 2 nitrogen and oxygen atoms in total. The second-order valence-corrected chi connectivity index (χ2v) is 4.76. The Morgan fingerprint density at radius 1 is 1.00 bits per heavy atom. The standard InChI is InChI=1S/C16H11FN2/c1-10-13-4-2-3-5-15(13)19-14-7-6-12(17)8-11(14)9-16(19)18-10/h2-9H,1H3. The van der Waals surface area contributed by atoms with Gasteiger partial charge in [0.2, 0.25) is 0 Å². The van der Waals surface area contributed by atoms with Gasteiger partial charge in [-0.05, 0) is 37.3 Å². The van der Waals surface area contributed by atoms with Crippen molar-refractivity contribution in [3.8, 4) is 0 Å². The predicted molar refractivity (Wildman–Crippen MR) is 74.9 cm³/mol. The van der Waals surface area contributed by atoms with E-state index in [2.05, 4.69) is 21.5 Å². The van der Waals surface area contributed by atoms with E-state index >= 15 is 0 Å². The lowest BCUT2D eigenvalue weighted by molar-refractivity contribution is 0.629. The monoisotopic (exact) mass is 250 g/mol. The molecule has 0 aliphatic heterocycles. The maximum Gasteiger partial charge on any atom is 0.138 e. The summed E-state index contributed by atoms with van der Waals surface area (Å²) >= 11 is 0. The first-order valence-corrected chi connectivity index (χ1v) is 6.20. The zero-order valence-corrected chi connectivity index (χ0v) is 10.4. The molecule has 0 fully saturated rings. The first-order chi connectivity index (χ1) is 9.24. The van der Waals surface area contributed by atoms with Gasteiger partial charge in [0.25, 0.3) is 0 Å². The summed E-state index contributed by atoms with van der Waals surface area (Å²) in [6.45, 7) is 2.00. The lowest BCUT2D eigenvalue weighted by Gasteiger charge is -2.06. The molecule has 2 aromatic carbocycles. The van der Waals surface area contributed by atoms with E-state index in [0.717, 1.165) is 33.1 Å². The Kier molecular flexibility index (Phi) is 1.96. The van der Waals surface area contributed by atoms with Gasteiger partial charge in [-0.3, -0.25) is 4.40 Å². The molecule has 0 spiro atoms. The van der Waals surface area contributed by atoms with Crippen LogP contribution in [-0.4, -0.2) is 9.38 Å². The van der Waals surface area contributed by atoms with E-state index in [1.165, 1.54) is 6.07 Å². The van der Waals surface area contributed by atoms with Crippen LogP contribution in [0.15, 0.2) is 48.5 Å². The second-order valence-electron chi connectivity index (χ2n) is 4.76. The van der Waals surface area contributed by atoms with Gasteiger partial charge in [-0.1, -0.05) is 18.2 Å². The third-order valence-corrected chi connectivity index (χ3v) is 3.56. The summed E-state index contributed by atoms with van der Waals surface area (Å²) in [5.74, 6) is -0.218. The average molecular weight is 250 g/mol. The number of benzene rings is 2. The first-order valence-electron chi connectivity index (χ1n) is 6.20. The average Bonchev–Trinajstić information content (AvgIpc) is 2.76. The van der Waals surface area contributed by atoms with E-state index in [-0.39, 0.29) is 5.82 Å². The van der Waals surface area contributed by atoms with Crippen molar-refractivity contribution >= 4 is 27.5 Å². The van der Waals surface area contributed by atoms with Crippen LogP contribution in [0.25, 0.3) is 27.5 Å². The van der Waals surface area contributed by atoms with Gasteiger partial charge in [0.1, 0.15) is 11.5 Å². The van der Waals surface area contributed by atoms with Crippen molar-refractivity contribution < 1.29 is 4.39 Å². The summed E-state index contributed by atoms with van der Waals surface area (Å²) < 4.78 is 15.4. The van der Waals surface area contributed by atoms with Gasteiger partial charge in [-0.2, -0.15) is 0 Å². The number of halogens is 1. The minimum absolute atomic E-state index is 0.218. The van der Waals surface area contributed by atoms with E-state index in [9.17, 15) is 4.39 Å². The predicted octanol–water partition coefficient (Wildman–Crippen LogP) is 4.09. The number of para-hydroxylation sites is 1. The molecule has 0 aliphatic rings. The van der Waals surface area contributed by atoms with Crippen LogP contribution in [0.1, 0.15) is 5.69 Å². The smallest absolute Gasteiger partial charge is 0.138 e. The normalized spacial score (nSPS) is 11.7. The van der Waals surface area contributed by atoms with Gasteiger partial charge in [0.15, 0.2) is 0 Å². The second kappa shape index (κ2) is 3.54. The molecule has 2 heterocycles. The topological polar surface area (TPSA) is 17.3 Å². The maximum absolute atomic E-state index is 13.3. The summed E-state index contributed by atoms with van der Waals surface area (Å²) in [5, 5.41) is 2.00. The number of nitrogens with zero attached hydrogens (tertiary/aromatic N) is 2. The summed E-state index contributed by atoms with van der Waals surface area (Å²) in [4.78, 5) is 4.61. The highest BCUT2D eigenvalue weighted by atomic mass is 19.1. The highest BCUT2D eigenvalue weighted by Gasteiger charge is 2.09. The molecule has 4 rings (SSSR count). The van der Waals surface area contributed by atoms with Crippen LogP contribution in [0.3, 0.4) is 0 Å². The quantitative estimate of drug-likeness (QED) is 0.459. The fraction of sp³-hybridized carbons (Fsp3) is 0.0625. The Bertz CT molecular complexity index is 938. The highest BCUT2D eigenvalue weighted by molar-refractivity contribution is 5.93. The number of hydrogen-bond donors (Lipinski definition) is 0. The summed E-state index contributed by atoms with van der Waals surface area (Å²) in [5.41, 5.74) is 3.94. The Morgan fingerprint density at radius 3 is 2.74 bits per heavy atom. The highest BCUT2D eigenvalue weighted by Crippen LogP contribution is 2.26. The molecule has 0 amide bonds. The molecule has 19 heavy (non-hydrogen) atoms. The molecule has 2 aromatic heterocycles. The van der Waals surface area contributed by atoms with Crippen LogP contribution in [0.5, 0.6) is 0 Å². The van der Waals surface area contributed by atoms with E-state index in [0.29, 0.717) is 0 Å². The van der Waals surface area contributed by atoms with Gasteiger partial charge < -0.3 is 0 Å². The van der Waals surface area contributed by atoms with Crippen molar-refractivity contribution in [2.45, 2.75) is 6.92 Å². The summed E-state index contributed by atoms with van der Waals surface area (Å²) in [6, 6.07) is 14.9.